The third-order valence-corrected chi connectivity index (χ3v) is 2.77. The lowest BCUT2D eigenvalue weighted by molar-refractivity contribution is 0.171. The zero-order valence-electron chi connectivity index (χ0n) is 9.49. The number of aromatic nitrogens is 2. The van der Waals surface area contributed by atoms with Crippen molar-refractivity contribution in [1.29, 1.82) is 0 Å². The van der Waals surface area contributed by atoms with E-state index >= 15 is 0 Å². The Morgan fingerprint density at radius 3 is 2.71 bits per heavy atom. The van der Waals surface area contributed by atoms with Crippen LogP contribution < -0.4 is 15.2 Å². The Kier molecular flexibility index (Phi) is 2.18. The van der Waals surface area contributed by atoms with Crippen molar-refractivity contribution in [2.75, 3.05) is 18.9 Å². The molecule has 2 heterocycles. The molecule has 0 saturated carbocycles. The van der Waals surface area contributed by atoms with E-state index in [2.05, 4.69) is 10.2 Å². The maximum Gasteiger partial charge on any atom is 0.170 e. The lowest BCUT2D eigenvalue weighted by Gasteiger charge is -2.22. The van der Waals surface area contributed by atoms with Crippen LogP contribution in [0.4, 0.5) is 5.82 Å². The highest BCUT2D eigenvalue weighted by Gasteiger charge is 2.20. The first-order valence-corrected chi connectivity index (χ1v) is 5.46. The molecule has 5 nitrogen and oxygen atoms in total. The van der Waals surface area contributed by atoms with Crippen molar-refractivity contribution in [3.8, 4) is 22.8 Å². The van der Waals surface area contributed by atoms with E-state index in [1.165, 1.54) is 0 Å². The van der Waals surface area contributed by atoms with E-state index < -0.39 is 0 Å². The Morgan fingerprint density at radius 1 is 1.24 bits per heavy atom. The fourth-order valence-corrected chi connectivity index (χ4v) is 1.96. The standard InChI is InChI=1S/C12H13N3O2/c1-7-2-3-8(9-6-10(13)15-14-9)12-11(7)16-4-5-17-12/h2-3,6H,4-5H2,1H3,(H3,13,14,15). The summed E-state index contributed by atoms with van der Waals surface area (Å²) in [5, 5.41) is 6.80. The van der Waals surface area contributed by atoms with Gasteiger partial charge in [-0.25, -0.2) is 0 Å². The van der Waals surface area contributed by atoms with Crippen LogP contribution in [0.2, 0.25) is 0 Å². The molecule has 17 heavy (non-hydrogen) atoms. The highest BCUT2D eigenvalue weighted by Crippen LogP contribution is 2.41. The third-order valence-electron chi connectivity index (χ3n) is 2.77. The second kappa shape index (κ2) is 3.69. The SMILES string of the molecule is Cc1ccc(-c2cc(N)n[nH]2)c2c1OCCO2. The third kappa shape index (κ3) is 1.60. The molecule has 5 heteroatoms. The second-order valence-electron chi connectivity index (χ2n) is 3.99. The Morgan fingerprint density at radius 2 is 2.00 bits per heavy atom. The van der Waals surface area contributed by atoms with Crippen molar-refractivity contribution >= 4 is 5.82 Å². The Bertz CT molecular complexity index is 563. The number of anilines is 1. The molecule has 0 aliphatic carbocycles. The Balaban J connectivity index is 2.17. The van der Waals surface area contributed by atoms with Crippen LogP contribution in [0.25, 0.3) is 11.3 Å². The van der Waals surface area contributed by atoms with Gasteiger partial charge in [0.1, 0.15) is 19.0 Å². The molecular formula is C12H13N3O2. The van der Waals surface area contributed by atoms with E-state index in [4.69, 9.17) is 15.2 Å². The van der Waals surface area contributed by atoms with E-state index in [9.17, 15) is 0 Å². The minimum atomic E-state index is 0.464. The van der Waals surface area contributed by atoms with Gasteiger partial charge >= 0.3 is 0 Å². The predicted molar refractivity (Wildman–Crippen MR) is 64.2 cm³/mol. The molecule has 0 radical (unpaired) electrons. The normalized spacial score (nSPS) is 13.7. The molecule has 1 aromatic carbocycles. The average Bonchev–Trinajstić information content (AvgIpc) is 2.77. The molecule has 0 unspecified atom stereocenters. The number of H-pyrrole nitrogens is 1. The number of nitrogens with one attached hydrogen (secondary N) is 1. The Labute approximate surface area is 98.5 Å². The van der Waals surface area contributed by atoms with Gasteiger partial charge in [-0.2, -0.15) is 5.10 Å². The first kappa shape index (κ1) is 10.0. The van der Waals surface area contributed by atoms with E-state index in [0.29, 0.717) is 19.0 Å². The lowest BCUT2D eigenvalue weighted by Crippen LogP contribution is -2.16. The topological polar surface area (TPSA) is 73.2 Å². The molecule has 88 valence electrons. The molecule has 0 fully saturated rings. The maximum atomic E-state index is 5.69. The van der Waals surface area contributed by atoms with Crippen molar-refractivity contribution in [2.24, 2.45) is 0 Å². The number of ether oxygens (including phenoxy) is 2. The van der Waals surface area contributed by atoms with E-state index in [-0.39, 0.29) is 0 Å². The molecule has 0 atom stereocenters. The largest absolute Gasteiger partial charge is 0.486 e. The molecule has 0 amide bonds. The van der Waals surface area contributed by atoms with Crippen LogP contribution in [0.1, 0.15) is 5.56 Å². The molecule has 2 aromatic rings. The second-order valence-corrected chi connectivity index (χ2v) is 3.99. The molecule has 1 aliphatic heterocycles. The highest BCUT2D eigenvalue weighted by atomic mass is 16.6. The van der Waals surface area contributed by atoms with Crippen LogP contribution in [0.15, 0.2) is 18.2 Å². The van der Waals surface area contributed by atoms with Gasteiger partial charge in [-0.1, -0.05) is 6.07 Å². The summed E-state index contributed by atoms with van der Waals surface area (Å²) in [5.41, 5.74) is 8.44. The van der Waals surface area contributed by atoms with Gasteiger partial charge in [-0.15, -0.1) is 0 Å². The van der Waals surface area contributed by atoms with Crippen molar-refractivity contribution in [2.45, 2.75) is 6.92 Å². The van der Waals surface area contributed by atoms with Gasteiger partial charge in [-0.05, 0) is 18.6 Å². The molecule has 3 N–H and O–H groups in total. The van der Waals surface area contributed by atoms with Gasteiger partial charge in [-0.3, -0.25) is 5.10 Å². The number of hydrogen-bond donors (Lipinski definition) is 2. The summed E-state index contributed by atoms with van der Waals surface area (Å²) in [6, 6.07) is 5.76. The summed E-state index contributed by atoms with van der Waals surface area (Å²) in [5.74, 6) is 2.04. The quantitative estimate of drug-likeness (QED) is 0.784. The number of benzene rings is 1. The fourth-order valence-electron chi connectivity index (χ4n) is 1.96. The van der Waals surface area contributed by atoms with E-state index in [1.807, 2.05) is 19.1 Å². The summed E-state index contributed by atoms with van der Waals surface area (Å²) in [6.45, 7) is 3.15. The number of rotatable bonds is 1. The van der Waals surface area contributed by atoms with Crippen LogP contribution in [0.3, 0.4) is 0 Å². The molecule has 0 bridgehead atoms. The maximum absolute atomic E-state index is 5.69. The molecule has 0 spiro atoms. The number of nitrogens with two attached hydrogens (primary N) is 1. The number of hydrogen-bond acceptors (Lipinski definition) is 4. The fraction of sp³-hybridized carbons (Fsp3) is 0.250. The minimum Gasteiger partial charge on any atom is -0.486 e. The molecule has 3 rings (SSSR count). The molecule has 1 aliphatic rings. The monoisotopic (exact) mass is 231 g/mol. The summed E-state index contributed by atoms with van der Waals surface area (Å²) < 4.78 is 11.3. The van der Waals surface area contributed by atoms with Crippen LogP contribution in [-0.4, -0.2) is 23.4 Å². The number of fused-ring (bicyclic) bond motifs is 1. The van der Waals surface area contributed by atoms with Crippen molar-refractivity contribution in [3.63, 3.8) is 0 Å². The number of aryl methyl sites for hydroxylation is 1. The minimum absolute atomic E-state index is 0.464. The highest BCUT2D eigenvalue weighted by molar-refractivity contribution is 5.74. The van der Waals surface area contributed by atoms with Gasteiger partial charge in [0.25, 0.3) is 0 Å². The zero-order chi connectivity index (χ0) is 11.8. The van der Waals surface area contributed by atoms with E-state index in [0.717, 1.165) is 28.3 Å². The van der Waals surface area contributed by atoms with E-state index in [1.54, 1.807) is 6.07 Å². The van der Waals surface area contributed by atoms with Crippen molar-refractivity contribution in [1.82, 2.24) is 10.2 Å². The molecule has 1 aromatic heterocycles. The van der Waals surface area contributed by atoms with Gasteiger partial charge < -0.3 is 15.2 Å². The smallest absolute Gasteiger partial charge is 0.170 e. The Hall–Kier alpha value is -2.17. The van der Waals surface area contributed by atoms with Gasteiger partial charge in [0, 0.05) is 11.6 Å². The zero-order valence-corrected chi connectivity index (χ0v) is 9.49. The van der Waals surface area contributed by atoms with Crippen LogP contribution in [0, 0.1) is 6.92 Å². The lowest BCUT2D eigenvalue weighted by atomic mass is 10.1. The summed E-state index contributed by atoms with van der Waals surface area (Å²) >= 11 is 0. The predicted octanol–water partition coefficient (Wildman–Crippen LogP) is 1.74. The molecular weight excluding hydrogens is 218 g/mol. The number of nitrogens with zero attached hydrogens (tertiary/aromatic N) is 1. The van der Waals surface area contributed by atoms with Gasteiger partial charge in [0.2, 0.25) is 0 Å². The van der Waals surface area contributed by atoms with Crippen LogP contribution in [-0.2, 0) is 0 Å². The first-order valence-electron chi connectivity index (χ1n) is 5.46. The first-order chi connectivity index (χ1) is 8.25. The summed E-state index contributed by atoms with van der Waals surface area (Å²) in [7, 11) is 0. The van der Waals surface area contributed by atoms with Gasteiger partial charge in [0.15, 0.2) is 11.5 Å². The van der Waals surface area contributed by atoms with Crippen molar-refractivity contribution < 1.29 is 9.47 Å². The van der Waals surface area contributed by atoms with Crippen LogP contribution >= 0.6 is 0 Å². The summed E-state index contributed by atoms with van der Waals surface area (Å²) in [4.78, 5) is 0. The van der Waals surface area contributed by atoms with Crippen molar-refractivity contribution in [3.05, 3.63) is 23.8 Å². The summed E-state index contributed by atoms with van der Waals surface area (Å²) in [6.07, 6.45) is 0. The molecule has 0 saturated heterocycles. The average molecular weight is 231 g/mol. The number of nitrogen functional groups attached to an aromatic ring is 1. The number of aromatic amines is 1. The van der Waals surface area contributed by atoms with Crippen LogP contribution in [0.5, 0.6) is 11.5 Å². The van der Waals surface area contributed by atoms with Gasteiger partial charge in [0.05, 0.1) is 5.69 Å².